The summed E-state index contributed by atoms with van der Waals surface area (Å²) in [6, 6.07) is 17.2. The van der Waals surface area contributed by atoms with E-state index in [0.717, 1.165) is 23.0 Å². The van der Waals surface area contributed by atoms with Crippen molar-refractivity contribution < 1.29 is 53.7 Å². The first-order valence-corrected chi connectivity index (χ1v) is 11.8. The smallest absolute Gasteiger partial charge is 0.545 e. The van der Waals surface area contributed by atoms with Crippen LogP contribution in [0.5, 0.6) is 11.5 Å². The van der Waals surface area contributed by atoms with Crippen molar-refractivity contribution >= 4 is 45.8 Å². The number of ketones is 1. The molecular weight excluding hydrogens is 501 g/mol. The molecule has 0 fully saturated rings. The Balaban J connectivity index is 0.00000380. The molecule has 0 bridgehead atoms. The first-order valence-electron chi connectivity index (χ1n) is 11.0. The van der Waals surface area contributed by atoms with Crippen LogP contribution in [0.4, 0.5) is 5.69 Å². The van der Waals surface area contributed by atoms with Crippen LogP contribution >= 0.6 is 11.7 Å². The van der Waals surface area contributed by atoms with Gasteiger partial charge in [-0.05, 0) is 53.6 Å². The molecule has 4 rings (SSSR count). The van der Waals surface area contributed by atoms with Crippen molar-refractivity contribution in [2.24, 2.45) is 0 Å². The molecule has 1 aromatic heterocycles. The largest absolute Gasteiger partial charge is 1.00 e. The Bertz CT molecular complexity index is 1480. The van der Waals surface area contributed by atoms with E-state index in [4.69, 9.17) is 9.47 Å². The van der Waals surface area contributed by atoms with Crippen LogP contribution in [0, 0.1) is 0 Å². The first kappa shape index (κ1) is 28.3. The third kappa shape index (κ3) is 6.19. The minimum atomic E-state index is -1.45. The zero-order valence-electron chi connectivity index (χ0n) is 21.3. The maximum atomic E-state index is 13.9. The normalized spacial score (nSPS) is 11.4. The van der Waals surface area contributed by atoms with E-state index in [1.165, 1.54) is 20.3 Å². The van der Waals surface area contributed by atoms with Gasteiger partial charge in [-0.15, -0.1) is 0 Å². The van der Waals surface area contributed by atoms with Gasteiger partial charge in [0.25, 0.3) is 0 Å². The van der Waals surface area contributed by atoms with Crippen molar-refractivity contribution in [2.45, 2.75) is 6.42 Å². The van der Waals surface area contributed by atoms with Gasteiger partial charge in [-0.2, -0.15) is 8.75 Å². The summed E-state index contributed by atoms with van der Waals surface area (Å²) in [6.45, 7) is 0. The number of carboxylic acid groups (broad SMARTS) is 1. The molecule has 1 heterocycles. The molecule has 4 aromatic rings. The molecule has 8 nitrogen and oxygen atoms in total. The fourth-order valence-corrected chi connectivity index (χ4v) is 4.45. The Kier molecular flexibility index (Phi) is 9.45. The van der Waals surface area contributed by atoms with Gasteiger partial charge in [0.1, 0.15) is 11.0 Å². The van der Waals surface area contributed by atoms with E-state index >= 15 is 0 Å². The maximum absolute atomic E-state index is 13.9. The molecule has 0 saturated carbocycles. The van der Waals surface area contributed by atoms with Crippen molar-refractivity contribution in [1.29, 1.82) is 0 Å². The number of fused-ring (bicyclic) bond motifs is 1. The minimum absolute atomic E-state index is 0. The van der Waals surface area contributed by atoms with E-state index in [9.17, 15) is 14.7 Å². The first-order chi connectivity index (χ1) is 17.3. The van der Waals surface area contributed by atoms with Crippen molar-refractivity contribution in [1.82, 2.24) is 8.75 Å². The molecule has 0 atom stereocenters. The topological polar surface area (TPSA) is 105 Å². The van der Waals surface area contributed by atoms with Gasteiger partial charge in [0.15, 0.2) is 17.3 Å². The number of benzene rings is 3. The van der Waals surface area contributed by atoms with Crippen LogP contribution in [-0.4, -0.2) is 48.8 Å². The molecule has 184 valence electrons. The predicted molar refractivity (Wildman–Crippen MR) is 138 cm³/mol. The number of rotatable bonds is 9. The number of nitrogens with zero attached hydrogens (tertiary/aromatic N) is 3. The van der Waals surface area contributed by atoms with E-state index in [1.54, 1.807) is 30.3 Å². The van der Waals surface area contributed by atoms with E-state index < -0.39 is 11.8 Å². The summed E-state index contributed by atoms with van der Waals surface area (Å²) < 4.78 is 19.0. The van der Waals surface area contributed by atoms with E-state index in [1.807, 2.05) is 43.3 Å². The number of carboxylic acids is 1. The van der Waals surface area contributed by atoms with Crippen LogP contribution in [0.1, 0.15) is 21.5 Å². The molecule has 0 radical (unpaired) electrons. The van der Waals surface area contributed by atoms with Crippen molar-refractivity contribution in [3.8, 4) is 11.5 Å². The number of aromatic nitrogens is 2. The average molecular weight is 526 g/mol. The summed E-state index contributed by atoms with van der Waals surface area (Å²) >= 11 is 1.03. The number of anilines is 1. The second-order valence-electron chi connectivity index (χ2n) is 8.25. The second-order valence-corrected chi connectivity index (χ2v) is 8.78. The van der Waals surface area contributed by atoms with Crippen LogP contribution in [0.15, 0.2) is 66.2 Å². The summed E-state index contributed by atoms with van der Waals surface area (Å²) in [5, 5.41) is 12.5. The van der Waals surface area contributed by atoms with Crippen molar-refractivity contribution in [3.05, 3.63) is 82.9 Å². The Labute approximate surface area is 241 Å². The molecule has 37 heavy (non-hydrogen) atoms. The SMILES string of the molecule is COc1ccc(C(=O)/C(Cc2cccc(N(C)C)c2)=C(/C(=O)[O-])c2ccc3nsnc3c2)cc1OC.[Na+]. The quantitative estimate of drug-likeness (QED) is 0.176. The molecule has 0 aliphatic heterocycles. The summed E-state index contributed by atoms with van der Waals surface area (Å²) in [7, 11) is 6.79. The number of carbonyl (C=O) groups excluding carboxylic acids is 2. The van der Waals surface area contributed by atoms with Gasteiger partial charge in [-0.25, -0.2) is 0 Å². The summed E-state index contributed by atoms with van der Waals surface area (Å²) in [5.74, 6) is -1.09. The van der Waals surface area contributed by atoms with E-state index in [-0.39, 0.29) is 52.7 Å². The molecule has 0 spiro atoms. The molecular formula is C27H24N3NaO5S. The Morgan fingerprint density at radius 2 is 1.59 bits per heavy atom. The third-order valence-electron chi connectivity index (χ3n) is 5.78. The fraction of sp³-hybridized carbons (Fsp3) is 0.185. The Hall–Kier alpha value is -3.24. The number of methoxy groups -OCH3 is 2. The van der Waals surface area contributed by atoms with Crippen LogP contribution in [0.3, 0.4) is 0 Å². The number of Topliss-reactive ketones (excluding diaryl/α,β-unsaturated/α-hetero) is 1. The summed E-state index contributed by atoms with van der Waals surface area (Å²) in [5.41, 5.74) is 3.37. The van der Waals surface area contributed by atoms with Gasteiger partial charge < -0.3 is 24.3 Å². The third-order valence-corrected chi connectivity index (χ3v) is 6.33. The maximum Gasteiger partial charge on any atom is 1.00 e. The van der Waals surface area contributed by atoms with Crippen LogP contribution < -0.4 is 49.0 Å². The number of allylic oxidation sites excluding steroid dienone is 1. The molecule has 0 saturated heterocycles. The van der Waals surface area contributed by atoms with Gasteiger partial charge >= 0.3 is 29.6 Å². The molecule has 3 aromatic carbocycles. The van der Waals surface area contributed by atoms with Gasteiger partial charge in [-0.1, -0.05) is 18.2 Å². The van der Waals surface area contributed by atoms with Crippen molar-refractivity contribution in [3.63, 3.8) is 0 Å². The minimum Gasteiger partial charge on any atom is -0.545 e. The average Bonchev–Trinajstić information content (AvgIpc) is 3.35. The van der Waals surface area contributed by atoms with Gasteiger partial charge in [0.05, 0.1) is 31.9 Å². The molecule has 0 aliphatic rings. The number of ether oxygens (including phenoxy) is 2. The molecule has 0 unspecified atom stereocenters. The molecule has 0 aliphatic carbocycles. The fourth-order valence-electron chi connectivity index (χ4n) is 3.94. The summed E-state index contributed by atoms with van der Waals surface area (Å²) in [4.78, 5) is 28.4. The van der Waals surface area contributed by atoms with Gasteiger partial charge in [-0.3, -0.25) is 4.79 Å². The summed E-state index contributed by atoms with van der Waals surface area (Å²) in [6.07, 6.45) is 0.0749. The molecule has 10 heteroatoms. The predicted octanol–water partition coefficient (Wildman–Crippen LogP) is 0.408. The van der Waals surface area contributed by atoms with Gasteiger partial charge in [0, 0.05) is 42.9 Å². The Morgan fingerprint density at radius 1 is 0.892 bits per heavy atom. The monoisotopic (exact) mass is 525 g/mol. The molecule has 0 N–H and O–H groups in total. The van der Waals surface area contributed by atoms with Crippen molar-refractivity contribution in [2.75, 3.05) is 33.2 Å². The van der Waals surface area contributed by atoms with Gasteiger partial charge in [0.2, 0.25) is 0 Å². The van der Waals surface area contributed by atoms with Crippen LogP contribution in [0.25, 0.3) is 16.6 Å². The Morgan fingerprint density at radius 3 is 2.27 bits per heavy atom. The number of hydrogen-bond donors (Lipinski definition) is 0. The zero-order valence-corrected chi connectivity index (χ0v) is 24.1. The number of carbonyl (C=O) groups is 2. The van der Waals surface area contributed by atoms with E-state index in [2.05, 4.69) is 8.75 Å². The van der Waals surface area contributed by atoms with E-state index in [0.29, 0.717) is 28.1 Å². The molecule has 0 amide bonds. The van der Waals surface area contributed by atoms with Crippen LogP contribution in [0.2, 0.25) is 0 Å². The number of hydrogen-bond acceptors (Lipinski definition) is 9. The standard InChI is InChI=1S/C27H25N3O5S.Na/c1-30(2)19-7-5-6-16(12-19)13-20(26(31)18-9-11-23(34-3)24(15-18)35-4)25(27(32)33)17-8-10-21-22(14-17)29-36-28-21;/h5-12,14-15H,13H2,1-4H3,(H,32,33);/q;+1/p-1/b25-20+;. The second kappa shape index (κ2) is 12.3. The zero-order chi connectivity index (χ0) is 25.8. The van der Waals surface area contributed by atoms with Crippen LogP contribution in [-0.2, 0) is 11.2 Å². The number of aliphatic carboxylic acids is 1.